The summed E-state index contributed by atoms with van der Waals surface area (Å²) in [4.78, 5) is 38.2. The summed E-state index contributed by atoms with van der Waals surface area (Å²) in [5, 5.41) is 0. The molecule has 6 heteroatoms. The molecular formula is C62H116O6. The van der Waals surface area contributed by atoms with Gasteiger partial charge in [0, 0.05) is 19.3 Å². The molecule has 0 aliphatic rings. The van der Waals surface area contributed by atoms with Crippen LogP contribution in [0.5, 0.6) is 0 Å². The Kier molecular flexibility index (Phi) is 55.7. The summed E-state index contributed by atoms with van der Waals surface area (Å²) in [5.41, 5.74) is 0. The highest BCUT2D eigenvalue weighted by Crippen LogP contribution is 2.17. The van der Waals surface area contributed by atoms with Gasteiger partial charge in [0.15, 0.2) is 6.10 Å². The Morgan fingerprint density at radius 2 is 0.529 bits per heavy atom. The molecule has 400 valence electrons. The molecule has 0 aromatic carbocycles. The van der Waals surface area contributed by atoms with Crippen molar-refractivity contribution in [1.82, 2.24) is 0 Å². The standard InChI is InChI=1S/C62H116O6/c1-4-7-10-13-16-19-22-25-28-31-32-35-37-40-43-46-49-52-55-61(64)67-58-59(68-62(65)56-53-50-47-44-41-38-34-30-27-24-21-18-15-12-9-6-3)57-66-60(63)54-51-48-45-42-39-36-33-29-26-23-20-17-14-11-8-5-2/h21,24,30,34,59H,4-20,22-23,25-29,31-33,35-58H2,1-3H3/b24-21-,34-30-. The second-order valence-electron chi connectivity index (χ2n) is 20.6. The zero-order valence-corrected chi connectivity index (χ0v) is 45.9. The van der Waals surface area contributed by atoms with Gasteiger partial charge in [0.1, 0.15) is 13.2 Å². The quantitative estimate of drug-likeness (QED) is 0.0262. The van der Waals surface area contributed by atoms with Gasteiger partial charge in [0.25, 0.3) is 0 Å². The highest BCUT2D eigenvalue weighted by atomic mass is 16.6. The third kappa shape index (κ3) is 54.8. The van der Waals surface area contributed by atoms with E-state index in [4.69, 9.17) is 14.2 Å². The maximum absolute atomic E-state index is 12.9. The Morgan fingerprint density at radius 1 is 0.294 bits per heavy atom. The van der Waals surface area contributed by atoms with Crippen molar-refractivity contribution < 1.29 is 28.6 Å². The molecule has 1 unspecified atom stereocenters. The molecule has 0 fully saturated rings. The van der Waals surface area contributed by atoms with E-state index in [2.05, 4.69) is 45.1 Å². The van der Waals surface area contributed by atoms with Crippen LogP contribution in [0.1, 0.15) is 335 Å². The molecule has 0 saturated heterocycles. The van der Waals surface area contributed by atoms with Gasteiger partial charge in [0.05, 0.1) is 0 Å². The summed E-state index contributed by atoms with van der Waals surface area (Å²) in [7, 11) is 0. The van der Waals surface area contributed by atoms with Crippen LogP contribution in [0.3, 0.4) is 0 Å². The van der Waals surface area contributed by atoms with Crippen molar-refractivity contribution in [2.45, 2.75) is 341 Å². The van der Waals surface area contributed by atoms with E-state index in [1.165, 1.54) is 218 Å². The van der Waals surface area contributed by atoms with E-state index in [0.29, 0.717) is 19.3 Å². The van der Waals surface area contributed by atoms with Gasteiger partial charge < -0.3 is 14.2 Å². The van der Waals surface area contributed by atoms with E-state index in [-0.39, 0.29) is 31.1 Å². The number of carbonyl (C=O) groups is 3. The van der Waals surface area contributed by atoms with Gasteiger partial charge in [-0.15, -0.1) is 0 Å². The van der Waals surface area contributed by atoms with E-state index in [1.54, 1.807) is 0 Å². The highest BCUT2D eigenvalue weighted by molar-refractivity contribution is 5.71. The summed E-state index contributed by atoms with van der Waals surface area (Å²) in [5.74, 6) is -0.860. The topological polar surface area (TPSA) is 78.9 Å². The SMILES string of the molecule is CCCCCC/C=C\C/C=C\CCCCCCCC(=O)OC(COC(=O)CCCCCCCCCCCCCCCCCC)COC(=O)CCCCCCCCCCCCCCCCCCCC. The molecular weight excluding hydrogens is 841 g/mol. The maximum atomic E-state index is 12.9. The molecule has 0 aromatic heterocycles. The monoisotopic (exact) mass is 957 g/mol. The Bertz CT molecular complexity index is 1100. The first-order valence-corrected chi connectivity index (χ1v) is 30.3. The van der Waals surface area contributed by atoms with Crippen LogP contribution in [0.15, 0.2) is 24.3 Å². The van der Waals surface area contributed by atoms with E-state index >= 15 is 0 Å². The molecule has 0 rings (SSSR count). The molecule has 6 nitrogen and oxygen atoms in total. The minimum absolute atomic E-state index is 0.0712. The molecule has 0 bridgehead atoms. The van der Waals surface area contributed by atoms with Crippen molar-refractivity contribution in [3.63, 3.8) is 0 Å². The second-order valence-corrected chi connectivity index (χ2v) is 20.6. The third-order valence-electron chi connectivity index (χ3n) is 13.7. The van der Waals surface area contributed by atoms with Crippen molar-refractivity contribution in [2.24, 2.45) is 0 Å². The largest absolute Gasteiger partial charge is 0.462 e. The van der Waals surface area contributed by atoms with Crippen molar-refractivity contribution in [2.75, 3.05) is 13.2 Å². The summed E-state index contributed by atoms with van der Waals surface area (Å²) in [6.07, 6.45) is 67.4. The van der Waals surface area contributed by atoms with E-state index < -0.39 is 6.10 Å². The van der Waals surface area contributed by atoms with Crippen LogP contribution in [0.4, 0.5) is 0 Å². The maximum Gasteiger partial charge on any atom is 0.306 e. The van der Waals surface area contributed by atoms with Crippen molar-refractivity contribution in [1.29, 1.82) is 0 Å². The third-order valence-corrected chi connectivity index (χ3v) is 13.7. The van der Waals surface area contributed by atoms with Crippen LogP contribution in [0, 0.1) is 0 Å². The molecule has 0 radical (unpaired) electrons. The average molecular weight is 958 g/mol. The molecule has 0 saturated carbocycles. The van der Waals surface area contributed by atoms with Gasteiger partial charge in [-0.1, -0.05) is 289 Å². The fourth-order valence-electron chi connectivity index (χ4n) is 9.12. The van der Waals surface area contributed by atoms with Crippen LogP contribution in [0.2, 0.25) is 0 Å². The van der Waals surface area contributed by atoms with Crippen LogP contribution < -0.4 is 0 Å². The molecule has 0 amide bonds. The van der Waals surface area contributed by atoms with Gasteiger partial charge in [0.2, 0.25) is 0 Å². The lowest BCUT2D eigenvalue weighted by Gasteiger charge is -2.18. The fourth-order valence-corrected chi connectivity index (χ4v) is 9.12. The van der Waals surface area contributed by atoms with Gasteiger partial charge in [-0.25, -0.2) is 0 Å². The Hall–Kier alpha value is -2.11. The van der Waals surface area contributed by atoms with Gasteiger partial charge in [-0.05, 0) is 51.4 Å². The number of carbonyl (C=O) groups excluding carboxylic acids is 3. The molecule has 0 aliphatic heterocycles. The number of hydrogen-bond donors (Lipinski definition) is 0. The van der Waals surface area contributed by atoms with E-state index in [9.17, 15) is 14.4 Å². The van der Waals surface area contributed by atoms with Crippen LogP contribution in [-0.4, -0.2) is 37.2 Å². The molecule has 0 N–H and O–H groups in total. The zero-order chi connectivity index (χ0) is 49.3. The number of rotatable bonds is 56. The summed E-state index contributed by atoms with van der Waals surface area (Å²) in [6.45, 7) is 6.67. The molecule has 0 aromatic rings. The Morgan fingerprint density at radius 3 is 0.824 bits per heavy atom. The molecule has 0 heterocycles. The predicted octanol–water partition coefficient (Wildman–Crippen LogP) is 20.3. The summed E-state index contributed by atoms with van der Waals surface area (Å²) >= 11 is 0. The first kappa shape index (κ1) is 65.9. The highest BCUT2D eigenvalue weighted by Gasteiger charge is 2.19. The number of hydrogen-bond acceptors (Lipinski definition) is 6. The van der Waals surface area contributed by atoms with Gasteiger partial charge in [-0.3, -0.25) is 14.4 Å². The predicted molar refractivity (Wildman–Crippen MR) is 293 cm³/mol. The van der Waals surface area contributed by atoms with Crippen LogP contribution >= 0.6 is 0 Å². The van der Waals surface area contributed by atoms with E-state index in [0.717, 1.165) is 77.0 Å². The van der Waals surface area contributed by atoms with Gasteiger partial charge >= 0.3 is 17.9 Å². The summed E-state index contributed by atoms with van der Waals surface area (Å²) < 4.78 is 16.9. The normalized spacial score (nSPS) is 12.1. The van der Waals surface area contributed by atoms with Crippen molar-refractivity contribution >= 4 is 17.9 Å². The Labute approximate surface area is 423 Å². The minimum Gasteiger partial charge on any atom is -0.462 e. The first-order chi connectivity index (χ1) is 33.5. The Balaban J connectivity index is 4.33. The number of allylic oxidation sites excluding steroid dienone is 4. The zero-order valence-electron chi connectivity index (χ0n) is 45.9. The second kappa shape index (κ2) is 57.5. The number of ether oxygens (including phenoxy) is 3. The van der Waals surface area contributed by atoms with Gasteiger partial charge in [-0.2, -0.15) is 0 Å². The van der Waals surface area contributed by atoms with Crippen LogP contribution in [0.25, 0.3) is 0 Å². The van der Waals surface area contributed by atoms with E-state index in [1.807, 2.05) is 0 Å². The summed E-state index contributed by atoms with van der Waals surface area (Å²) in [6, 6.07) is 0. The lowest BCUT2D eigenvalue weighted by atomic mass is 10.0. The lowest BCUT2D eigenvalue weighted by molar-refractivity contribution is -0.167. The molecule has 68 heavy (non-hydrogen) atoms. The molecule has 1 atom stereocenters. The molecule has 0 aliphatic carbocycles. The lowest BCUT2D eigenvalue weighted by Crippen LogP contribution is -2.30. The smallest absolute Gasteiger partial charge is 0.306 e. The van der Waals surface area contributed by atoms with Crippen molar-refractivity contribution in [3.8, 4) is 0 Å². The number of unbranched alkanes of at least 4 members (excludes halogenated alkanes) is 41. The number of esters is 3. The molecule has 0 spiro atoms. The minimum atomic E-state index is -0.774. The first-order valence-electron chi connectivity index (χ1n) is 30.3. The average Bonchev–Trinajstić information content (AvgIpc) is 3.34. The fraction of sp³-hybridized carbons (Fsp3) is 0.887. The van der Waals surface area contributed by atoms with Crippen molar-refractivity contribution in [3.05, 3.63) is 24.3 Å². The van der Waals surface area contributed by atoms with Crippen LogP contribution in [-0.2, 0) is 28.6 Å².